The summed E-state index contributed by atoms with van der Waals surface area (Å²) in [6.45, 7) is 5.84. The summed E-state index contributed by atoms with van der Waals surface area (Å²) < 4.78 is 20.3. The maximum absolute atomic E-state index is 11.2. The fourth-order valence-electron chi connectivity index (χ4n) is 3.06. The molecule has 0 aliphatic heterocycles. The van der Waals surface area contributed by atoms with Gasteiger partial charge < -0.3 is 28.8 Å². The van der Waals surface area contributed by atoms with Gasteiger partial charge in [0.05, 0.1) is 43.9 Å². The van der Waals surface area contributed by atoms with Crippen LogP contribution in [0.1, 0.15) is 72.1 Å². The van der Waals surface area contributed by atoms with E-state index in [1.165, 1.54) is 14.2 Å². The molecule has 0 atom stereocenters. The molecule has 0 unspecified atom stereocenters. The number of aliphatic hydroxyl groups is 1. The van der Waals surface area contributed by atoms with Crippen molar-refractivity contribution in [2.24, 2.45) is 0 Å². The molecular weight excluding hydrogens is 602 g/mol. The molecule has 0 aromatic heterocycles. The average Bonchev–Trinajstić information content (AvgIpc) is 3.01. The number of rotatable bonds is 16. The topological polar surface area (TPSA) is 108 Å². The van der Waals surface area contributed by atoms with Crippen molar-refractivity contribution in [1.82, 2.24) is 0 Å². The van der Waals surface area contributed by atoms with Crippen molar-refractivity contribution >= 4 is 50.0 Å². The van der Waals surface area contributed by atoms with Gasteiger partial charge in [0.2, 0.25) is 0 Å². The minimum absolute atomic E-state index is 0.194. The lowest BCUT2D eigenvalue weighted by Crippen LogP contribution is -2.01. The average molecular weight is 650 g/mol. The molecule has 2 aromatic carbocycles. The number of aldehydes is 1. The van der Waals surface area contributed by atoms with Crippen LogP contribution in [-0.4, -0.2) is 76.0 Å². The van der Waals surface area contributed by atoms with Crippen LogP contribution in [-0.2, 0) is 14.3 Å². The monoisotopic (exact) mass is 648 g/mol. The summed E-state index contributed by atoms with van der Waals surface area (Å²) in [6, 6.07) is 13.7. The minimum Gasteiger partial charge on any atom is -0.494 e. The highest BCUT2D eigenvalue weighted by atomic mass is 35.5. The summed E-state index contributed by atoms with van der Waals surface area (Å²) in [5.74, 6) is 0.795. The van der Waals surface area contributed by atoms with Gasteiger partial charge in [0, 0.05) is 13.0 Å². The van der Waals surface area contributed by atoms with Gasteiger partial charge in [-0.25, -0.2) is 9.59 Å². The van der Waals surface area contributed by atoms with Gasteiger partial charge >= 0.3 is 11.9 Å². The van der Waals surface area contributed by atoms with Crippen molar-refractivity contribution < 1.29 is 38.4 Å². The second-order valence-electron chi connectivity index (χ2n) is 8.48. The van der Waals surface area contributed by atoms with Crippen molar-refractivity contribution in [2.75, 3.05) is 52.7 Å². The summed E-state index contributed by atoms with van der Waals surface area (Å²) in [4.78, 5) is 32.5. The van der Waals surface area contributed by atoms with E-state index in [9.17, 15) is 14.4 Å². The molecule has 0 saturated heterocycles. The number of benzene rings is 2. The third-order valence-electron chi connectivity index (χ3n) is 5.11. The Morgan fingerprint density at radius 2 is 1.07 bits per heavy atom. The first-order chi connectivity index (χ1) is 20.4. The third kappa shape index (κ3) is 24.2. The van der Waals surface area contributed by atoms with Crippen LogP contribution in [0.5, 0.6) is 11.5 Å². The molecule has 0 saturated carbocycles. The maximum Gasteiger partial charge on any atom is 0.337 e. The highest BCUT2D eigenvalue weighted by molar-refractivity contribution is 7.35. The van der Waals surface area contributed by atoms with E-state index < -0.39 is 0 Å². The number of methoxy groups -OCH3 is 2. The highest BCUT2D eigenvalue weighted by Crippen LogP contribution is 2.14. The van der Waals surface area contributed by atoms with E-state index in [0.29, 0.717) is 30.8 Å². The van der Waals surface area contributed by atoms with Crippen molar-refractivity contribution in [2.45, 2.75) is 51.4 Å². The molecule has 0 aliphatic rings. The molecule has 0 amide bonds. The molecule has 238 valence electrons. The van der Waals surface area contributed by atoms with Gasteiger partial charge in [0.15, 0.2) is 0 Å². The zero-order chi connectivity index (χ0) is 31.8. The number of esters is 2. The number of unbranched alkanes of at least 4 members (excludes halogenated alkanes) is 6. The van der Waals surface area contributed by atoms with Crippen molar-refractivity contribution in [1.29, 1.82) is 0 Å². The second kappa shape index (κ2) is 31.6. The first-order valence-electron chi connectivity index (χ1n) is 13.8. The smallest absolute Gasteiger partial charge is 0.337 e. The number of ether oxygens (including phenoxy) is 4. The largest absolute Gasteiger partial charge is 0.494 e. The molecule has 2 aromatic rings. The van der Waals surface area contributed by atoms with Crippen molar-refractivity contribution in [3.8, 4) is 11.5 Å². The van der Waals surface area contributed by atoms with E-state index in [2.05, 4.69) is 22.8 Å². The zero-order valence-corrected chi connectivity index (χ0v) is 27.8. The highest BCUT2D eigenvalue weighted by Gasteiger charge is 2.05. The van der Waals surface area contributed by atoms with E-state index in [1.807, 2.05) is 0 Å². The van der Waals surface area contributed by atoms with Crippen LogP contribution in [0.15, 0.2) is 48.5 Å². The van der Waals surface area contributed by atoms with Crippen LogP contribution < -0.4 is 9.47 Å². The summed E-state index contributed by atoms with van der Waals surface area (Å²) in [5.41, 5.74) is 1.03. The van der Waals surface area contributed by atoms with E-state index >= 15 is 0 Å². The summed E-state index contributed by atoms with van der Waals surface area (Å²) in [6.07, 6.45) is 8.29. The number of halogens is 2. The van der Waals surface area contributed by atoms with Crippen LogP contribution in [0.2, 0.25) is 0 Å². The maximum atomic E-state index is 11.2. The number of hydrogen-bond acceptors (Lipinski definition) is 8. The standard InChI is InChI=1S/C14H20O4.C14H18O4.C2H7P.CH2Cl2/c2*1-17-14(16)12-6-8-13(9-7-12)18-11-5-3-2-4-10-15;1-3-2;2-1-3/h6-9,15H,2-5,10-11H2,1H3;6-10H,2-5,11H2,1H3;3H,1-2H3;1H2. The molecule has 0 heterocycles. The minimum atomic E-state index is -0.351. The first kappa shape index (κ1) is 41.8. The van der Waals surface area contributed by atoms with Gasteiger partial charge in [0.1, 0.15) is 17.8 Å². The van der Waals surface area contributed by atoms with Crippen LogP contribution >= 0.6 is 31.8 Å². The van der Waals surface area contributed by atoms with Gasteiger partial charge in [-0.2, -0.15) is 0 Å². The quantitative estimate of drug-likeness (QED) is 0.0661. The Kier molecular flexibility index (Phi) is 31.4. The molecule has 2 rings (SSSR count). The number of carbonyl (C=O) groups is 3. The molecule has 1 N–H and O–H groups in total. The predicted octanol–water partition coefficient (Wildman–Crippen LogP) is 7.36. The Hall–Kier alpha value is -2.38. The third-order valence-corrected chi connectivity index (χ3v) is 5.11. The summed E-state index contributed by atoms with van der Waals surface area (Å²) >= 11 is 9.53. The van der Waals surface area contributed by atoms with Gasteiger partial charge in [-0.1, -0.05) is 6.42 Å². The zero-order valence-electron chi connectivity index (χ0n) is 25.2. The van der Waals surface area contributed by atoms with E-state index in [4.69, 9.17) is 37.8 Å². The van der Waals surface area contributed by atoms with Crippen LogP contribution in [0.25, 0.3) is 0 Å². The Labute approximate surface area is 263 Å². The predicted molar refractivity (Wildman–Crippen MR) is 173 cm³/mol. The van der Waals surface area contributed by atoms with Crippen LogP contribution in [0.3, 0.4) is 0 Å². The summed E-state index contributed by atoms with van der Waals surface area (Å²) in [5, 5.41) is 8.82. The molecule has 0 bridgehead atoms. The number of aliphatic hydroxyl groups excluding tert-OH is 1. The first-order valence-corrected chi connectivity index (χ1v) is 16.8. The molecule has 0 radical (unpaired) electrons. The lowest BCUT2D eigenvalue weighted by Gasteiger charge is -2.06. The van der Waals surface area contributed by atoms with Gasteiger partial charge in [-0.05, 0) is 100 Å². The van der Waals surface area contributed by atoms with Gasteiger partial charge in [0.25, 0.3) is 0 Å². The molecule has 0 aliphatic carbocycles. The number of hydrogen-bond donors (Lipinski definition) is 1. The van der Waals surface area contributed by atoms with E-state index in [-0.39, 0.29) is 23.9 Å². The number of carbonyl (C=O) groups excluding carboxylic acids is 3. The Balaban J connectivity index is 0. The SMILES string of the molecule is COC(=O)c1ccc(OCCCCCC=O)cc1.COC(=O)c1ccc(OCCCCCCO)cc1.CPC.ClCCl. The van der Waals surface area contributed by atoms with E-state index in [1.54, 1.807) is 48.5 Å². The Morgan fingerprint density at radius 1 is 0.714 bits per heavy atom. The van der Waals surface area contributed by atoms with Crippen molar-refractivity contribution in [3.05, 3.63) is 59.7 Å². The Morgan fingerprint density at radius 3 is 1.40 bits per heavy atom. The molecule has 11 heteroatoms. The summed E-state index contributed by atoms with van der Waals surface area (Å²) in [7, 11) is 3.80. The fraction of sp³-hybridized carbons (Fsp3) is 0.516. The molecule has 0 fully saturated rings. The van der Waals surface area contributed by atoms with Gasteiger partial charge in [-0.3, -0.25) is 0 Å². The lowest BCUT2D eigenvalue weighted by atomic mass is 10.2. The number of alkyl halides is 2. The molecule has 8 nitrogen and oxygen atoms in total. The molecule has 0 spiro atoms. The van der Waals surface area contributed by atoms with E-state index in [0.717, 1.165) is 71.3 Å². The Bertz CT molecular complexity index is 910. The molecular formula is C31H47Cl2O8P. The van der Waals surface area contributed by atoms with Crippen LogP contribution in [0.4, 0.5) is 0 Å². The second-order valence-corrected chi connectivity index (χ2v) is 10.3. The van der Waals surface area contributed by atoms with Crippen LogP contribution in [0, 0.1) is 0 Å². The fourth-order valence-corrected chi connectivity index (χ4v) is 3.06. The lowest BCUT2D eigenvalue weighted by molar-refractivity contribution is -0.107. The van der Waals surface area contributed by atoms with Crippen molar-refractivity contribution in [3.63, 3.8) is 0 Å². The van der Waals surface area contributed by atoms with Gasteiger partial charge in [-0.15, -0.1) is 31.8 Å². The normalized spacial score (nSPS) is 9.40. The molecule has 42 heavy (non-hydrogen) atoms.